The smallest absolute Gasteiger partial charge is 0.311 e. The minimum atomic E-state index is -1.89. The van der Waals surface area contributed by atoms with E-state index in [0.717, 1.165) is 11.6 Å². The molecular weight excluding hydrogens is 668 g/mol. The van der Waals surface area contributed by atoms with Crippen molar-refractivity contribution < 1.29 is 49.4 Å². The van der Waals surface area contributed by atoms with Crippen LogP contribution in [0.5, 0.6) is 0 Å². The highest BCUT2D eigenvalue weighted by Crippen LogP contribution is 2.37. The average Bonchev–Trinajstić information content (AvgIpc) is 3.59. The normalized spacial score (nSPS) is 40.3. The number of hydrogen-bond donors (Lipinski definition) is 7. The summed E-state index contributed by atoms with van der Waals surface area (Å²) in [7, 11) is 0. The van der Waals surface area contributed by atoms with Gasteiger partial charge in [-0.3, -0.25) is 4.79 Å². The van der Waals surface area contributed by atoms with E-state index in [0.29, 0.717) is 38.2 Å². The second-order valence-electron chi connectivity index (χ2n) is 14.6. The van der Waals surface area contributed by atoms with Gasteiger partial charge in [0.15, 0.2) is 6.29 Å². The lowest BCUT2D eigenvalue weighted by Gasteiger charge is -2.45. The SMILES string of the molecule is CC[C@H]1OC(=O)[C@H](C)[C@@H](O)[C@H](C)[C@H](O[C@@H]2O[C@H](C)CC[C@@H]2O)[C@](C)(O)C[C@@H](C)/C(=N\OCCNCCNCc2nccs2)[C@H](C)[C@H](O)[C@]1(C)O. The molecule has 288 valence electrons. The second-order valence-corrected chi connectivity index (χ2v) is 15.6. The third-order valence-electron chi connectivity index (χ3n) is 10.2. The summed E-state index contributed by atoms with van der Waals surface area (Å²) in [5.74, 6) is -4.00. The van der Waals surface area contributed by atoms with Crippen LogP contribution in [0.1, 0.15) is 86.1 Å². The quantitative estimate of drug-likeness (QED) is 0.0935. The molecule has 7 N–H and O–H groups in total. The number of hydrogen-bond acceptors (Lipinski definition) is 15. The van der Waals surface area contributed by atoms with Crippen LogP contribution >= 0.6 is 11.3 Å². The lowest BCUT2D eigenvalue weighted by molar-refractivity contribution is -0.289. The van der Waals surface area contributed by atoms with Crippen LogP contribution < -0.4 is 10.6 Å². The molecule has 1 aromatic rings. The molecule has 0 aliphatic carbocycles. The van der Waals surface area contributed by atoms with Gasteiger partial charge in [-0.25, -0.2) is 4.98 Å². The summed E-state index contributed by atoms with van der Waals surface area (Å²) in [4.78, 5) is 23.4. The van der Waals surface area contributed by atoms with E-state index in [1.54, 1.807) is 45.2 Å². The van der Waals surface area contributed by atoms with Crippen molar-refractivity contribution in [3.05, 3.63) is 16.6 Å². The molecule has 2 aliphatic heterocycles. The first-order valence-electron chi connectivity index (χ1n) is 18.0. The number of nitrogens with zero attached hydrogens (tertiary/aromatic N) is 2. The summed E-state index contributed by atoms with van der Waals surface area (Å²) < 4.78 is 18.0. The predicted molar refractivity (Wildman–Crippen MR) is 189 cm³/mol. The molecule has 15 heteroatoms. The van der Waals surface area contributed by atoms with Gasteiger partial charge in [0.25, 0.3) is 0 Å². The van der Waals surface area contributed by atoms with E-state index < -0.39 is 77.7 Å². The zero-order valence-corrected chi connectivity index (χ0v) is 31.8. The molecule has 13 atom stereocenters. The summed E-state index contributed by atoms with van der Waals surface area (Å²) in [5, 5.41) is 71.7. The van der Waals surface area contributed by atoms with Gasteiger partial charge in [0.1, 0.15) is 29.4 Å². The summed E-state index contributed by atoms with van der Waals surface area (Å²) in [5.41, 5.74) is -3.17. The van der Waals surface area contributed by atoms with Crippen LogP contribution in [-0.4, -0.2) is 123 Å². The highest BCUT2D eigenvalue weighted by Gasteiger charge is 2.50. The van der Waals surface area contributed by atoms with Crippen LogP contribution in [0.4, 0.5) is 0 Å². The Bertz CT molecular complexity index is 1190. The number of aliphatic hydroxyl groups excluding tert-OH is 3. The maximum absolute atomic E-state index is 13.4. The summed E-state index contributed by atoms with van der Waals surface area (Å²) in [6.45, 7) is 16.1. The Morgan fingerprint density at radius 2 is 1.74 bits per heavy atom. The fourth-order valence-corrected chi connectivity index (χ4v) is 7.65. The molecule has 0 spiro atoms. The van der Waals surface area contributed by atoms with Gasteiger partial charge in [0.2, 0.25) is 0 Å². The predicted octanol–water partition coefficient (Wildman–Crippen LogP) is 1.96. The number of rotatable bonds is 12. The molecule has 2 aliphatic rings. The maximum Gasteiger partial charge on any atom is 0.311 e. The first-order valence-corrected chi connectivity index (χ1v) is 18.9. The van der Waals surface area contributed by atoms with Crippen molar-refractivity contribution in [2.24, 2.45) is 28.8 Å². The zero-order chi connectivity index (χ0) is 37.2. The molecule has 3 heterocycles. The van der Waals surface area contributed by atoms with Crippen molar-refractivity contribution in [3.63, 3.8) is 0 Å². The van der Waals surface area contributed by atoms with Gasteiger partial charge in [-0.1, -0.05) is 32.9 Å². The van der Waals surface area contributed by atoms with Gasteiger partial charge in [-0.15, -0.1) is 11.3 Å². The van der Waals surface area contributed by atoms with Crippen LogP contribution in [-0.2, 0) is 30.4 Å². The largest absolute Gasteiger partial charge is 0.459 e. The monoisotopic (exact) mass is 730 g/mol. The standard InChI is InChI=1S/C35H62N4O10S/c1-9-26-35(8,45)30(42)22(4)28(39-46-16-14-36-12-13-37-19-27-38-15-17-50-27)20(2)18-34(7,44)31(23(5)29(41)24(6)32(43)48-26)49-33-25(40)11-10-21(3)47-33/h15,17,20-26,29-31,33,36-37,40-42,44-45H,9-14,16,18-19H2,1-8H3/b39-28+/t20-,21-,22+,23+,24-,25+,26-,29+,30+,31+,33+,34-,35-/m1/s1. The molecule has 0 radical (unpaired) electrons. The Labute approximate surface area is 300 Å². The number of nitrogens with one attached hydrogen (secondary N) is 2. The topological polar surface area (TPSA) is 204 Å². The van der Waals surface area contributed by atoms with E-state index in [1.807, 2.05) is 19.2 Å². The number of ether oxygens (including phenoxy) is 3. The molecule has 0 amide bonds. The summed E-state index contributed by atoms with van der Waals surface area (Å²) in [6.07, 6.45) is -4.11. The fourth-order valence-electron chi connectivity index (χ4n) is 7.07. The third-order valence-corrected chi connectivity index (χ3v) is 10.9. The van der Waals surface area contributed by atoms with Gasteiger partial charge in [-0.05, 0) is 53.4 Å². The Morgan fingerprint density at radius 1 is 1.04 bits per heavy atom. The molecule has 2 fully saturated rings. The number of oxime groups is 1. The number of esters is 1. The average molecular weight is 731 g/mol. The molecule has 3 rings (SSSR count). The summed E-state index contributed by atoms with van der Waals surface area (Å²) >= 11 is 1.60. The molecular formula is C35H62N4O10S. The van der Waals surface area contributed by atoms with Gasteiger partial charge in [0, 0.05) is 55.5 Å². The van der Waals surface area contributed by atoms with E-state index >= 15 is 0 Å². The first-order chi connectivity index (χ1) is 23.5. The van der Waals surface area contributed by atoms with Crippen LogP contribution in [0, 0.1) is 23.7 Å². The van der Waals surface area contributed by atoms with E-state index in [-0.39, 0.29) is 25.6 Å². The van der Waals surface area contributed by atoms with Crippen LogP contribution in [0.2, 0.25) is 0 Å². The van der Waals surface area contributed by atoms with E-state index in [4.69, 9.17) is 19.0 Å². The Kier molecular flexibility index (Phi) is 16.5. The lowest BCUT2D eigenvalue weighted by Crippen LogP contribution is -2.58. The van der Waals surface area contributed by atoms with Gasteiger partial charge in [0.05, 0.1) is 41.6 Å². The number of thiazole rings is 1. The highest BCUT2D eigenvalue weighted by atomic mass is 32.1. The van der Waals surface area contributed by atoms with E-state index in [1.165, 1.54) is 13.8 Å². The fraction of sp³-hybridized carbons (Fsp3) is 0.857. The van der Waals surface area contributed by atoms with Crippen molar-refractivity contribution in [2.45, 2.75) is 142 Å². The number of aromatic nitrogens is 1. The Hall–Kier alpha value is -1.79. The second kappa shape index (κ2) is 19.3. The third kappa shape index (κ3) is 11.4. The molecule has 2 saturated heterocycles. The van der Waals surface area contributed by atoms with E-state index in [9.17, 15) is 30.3 Å². The lowest BCUT2D eigenvalue weighted by atomic mass is 9.73. The van der Waals surface area contributed by atoms with Crippen LogP contribution in [0.15, 0.2) is 16.7 Å². The van der Waals surface area contributed by atoms with E-state index in [2.05, 4.69) is 20.8 Å². The minimum absolute atomic E-state index is 0.0353. The van der Waals surface area contributed by atoms with Crippen LogP contribution in [0.3, 0.4) is 0 Å². The van der Waals surface area contributed by atoms with Crippen molar-refractivity contribution in [1.82, 2.24) is 15.6 Å². The maximum atomic E-state index is 13.4. The summed E-state index contributed by atoms with van der Waals surface area (Å²) in [6, 6.07) is 0. The molecule has 0 aromatic carbocycles. The van der Waals surface area contributed by atoms with Crippen molar-refractivity contribution in [1.29, 1.82) is 0 Å². The zero-order valence-electron chi connectivity index (χ0n) is 30.9. The van der Waals surface area contributed by atoms with Crippen molar-refractivity contribution in [3.8, 4) is 0 Å². The first kappa shape index (κ1) is 42.6. The van der Waals surface area contributed by atoms with Gasteiger partial charge >= 0.3 is 5.97 Å². The van der Waals surface area contributed by atoms with Crippen LogP contribution in [0.25, 0.3) is 0 Å². The number of carbonyl (C=O) groups is 1. The molecule has 0 bridgehead atoms. The molecule has 1 aromatic heterocycles. The minimum Gasteiger partial charge on any atom is -0.459 e. The highest BCUT2D eigenvalue weighted by molar-refractivity contribution is 7.09. The molecule has 50 heavy (non-hydrogen) atoms. The van der Waals surface area contributed by atoms with Gasteiger partial charge in [-0.2, -0.15) is 0 Å². The Balaban J connectivity index is 1.86. The molecule has 0 saturated carbocycles. The van der Waals surface area contributed by atoms with Crippen molar-refractivity contribution >= 4 is 23.0 Å². The number of carbonyl (C=O) groups excluding carboxylic acids is 1. The van der Waals surface area contributed by atoms with Gasteiger partial charge < -0.3 is 55.2 Å². The molecule has 14 nitrogen and oxygen atoms in total. The Morgan fingerprint density at radius 3 is 2.40 bits per heavy atom. The number of cyclic esters (lactones) is 1. The van der Waals surface area contributed by atoms with Crippen molar-refractivity contribution in [2.75, 3.05) is 26.2 Å². The number of aliphatic hydroxyl groups is 5. The molecule has 0 unspecified atom stereocenters.